The number of methoxy groups -OCH3 is 1. The summed E-state index contributed by atoms with van der Waals surface area (Å²) >= 11 is 11.8. The summed E-state index contributed by atoms with van der Waals surface area (Å²) in [4.78, 5) is 26.5. The zero-order valence-electron chi connectivity index (χ0n) is 14.0. The van der Waals surface area contributed by atoms with Gasteiger partial charge in [-0.3, -0.25) is 4.90 Å². The number of amides is 2. The third-order valence-corrected chi connectivity index (χ3v) is 4.43. The molecule has 0 radical (unpaired) electrons. The van der Waals surface area contributed by atoms with Crippen LogP contribution in [0.15, 0.2) is 12.1 Å². The Balaban J connectivity index is 2.30. The maximum absolute atomic E-state index is 13.2. The van der Waals surface area contributed by atoms with Gasteiger partial charge in [0.2, 0.25) is 0 Å². The van der Waals surface area contributed by atoms with Gasteiger partial charge in [0.25, 0.3) is 0 Å². The number of hydrogen-bond donors (Lipinski definition) is 0. The van der Waals surface area contributed by atoms with Gasteiger partial charge >= 0.3 is 24.5 Å². The largest absolute Gasteiger partial charge is 0.467 e. The molecule has 2 amide bonds. The standard InChI is InChI=1S/C15H14Cl2F4N2O4/c1-7(12(24)26-2)22-3-4-23(14(22)25)10-6-11(9(17)5-8(10)16)27-13(18)15(19,20)21/h5-7,13H,3-4H2,1-2H3/t7-,13?/m0/s1. The van der Waals surface area contributed by atoms with Crippen molar-refractivity contribution < 1.29 is 36.6 Å². The Bertz CT molecular complexity index is 747. The van der Waals surface area contributed by atoms with E-state index < -0.39 is 36.3 Å². The fraction of sp³-hybridized carbons (Fsp3) is 0.467. The number of ether oxygens (including phenoxy) is 2. The van der Waals surface area contributed by atoms with E-state index in [-0.39, 0.29) is 28.8 Å². The van der Waals surface area contributed by atoms with E-state index in [1.54, 1.807) is 0 Å². The van der Waals surface area contributed by atoms with Crippen LogP contribution in [-0.4, -0.2) is 55.7 Å². The van der Waals surface area contributed by atoms with E-state index >= 15 is 0 Å². The summed E-state index contributed by atoms with van der Waals surface area (Å²) in [5, 5.41) is -0.419. The van der Waals surface area contributed by atoms with Crippen molar-refractivity contribution in [2.24, 2.45) is 0 Å². The van der Waals surface area contributed by atoms with Gasteiger partial charge in [0.15, 0.2) is 0 Å². The first-order valence-corrected chi connectivity index (χ1v) is 8.25. The highest BCUT2D eigenvalue weighted by atomic mass is 35.5. The van der Waals surface area contributed by atoms with Gasteiger partial charge in [0.1, 0.15) is 11.8 Å². The quantitative estimate of drug-likeness (QED) is 0.520. The minimum absolute atomic E-state index is 0.0324. The molecule has 2 atom stereocenters. The monoisotopic (exact) mass is 432 g/mol. The molecule has 0 aliphatic carbocycles. The summed E-state index contributed by atoms with van der Waals surface area (Å²) in [5.74, 6) is -1.27. The van der Waals surface area contributed by atoms with Crippen LogP contribution in [0.5, 0.6) is 5.75 Å². The SMILES string of the molecule is COC(=O)[C@H](C)N1CCN(c2cc(OC(F)C(F)(F)F)c(Cl)cc2Cl)C1=O. The molecule has 12 heteroatoms. The van der Waals surface area contributed by atoms with E-state index in [4.69, 9.17) is 23.2 Å². The van der Waals surface area contributed by atoms with Crippen molar-refractivity contribution in [3.05, 3.63) is 22.2 Å². The zero-order chi connectivity index (χ0) is 20.5. The number of esters is 1. The molecule has 1 aliphatic heterocycles. The van der Waals surface area contributed by atoms with E-state index in [9.17, 15) is 27.2 Å². The summed E-state index contributed by atoms with van der Waals surface area (Å²) in [6.07, 6.45) is -8.85. The van der Waals surface area contributed by atoms with Crippen LogP contribution in [0.4, 0.5) is 28.0 Å². The Morgan fingerprint density at radius 1 is 1.22 bits per heavy atom. The molecule has 2 rings (SSSR count). The first-order chi connectivity index (χ1) is 12.5. The van der Waals surface area contributed by atoms with Gasteiger partial charge in [-0.2, -0.15) is 17.6 Å². The number of hydrogen-bond acceptors (Lipinski definition) is 4. The van der Waals surface area contributed by atoms with Crippen LogP contribution in [0.3, 0.4) is 0 Å². The Morgan fingerprint density at radius 3 is 2.41 bits per heavy atom. The normalized spacial score (nSPS) is 17.1. The third-order valence-electron chi connectivity index (χ3n) is 3.83. The Hall–Kier alpha value is -1.94. The van der Waals surface area contributed by atoms with Gasteiger partial charge < -0.3 is 14.4 Å². The molecule has 6 nitrogen and oxygen atoms in total. The number of halogens is 6. The number of alkyl halides is 4. The lowest BCUT2D eigenvalue weighted by Crippen LogP contribution is -2.42. The second-order valence-corrected chi connectivity index (χ2v) is 6.35. The number of carbonyl (C=O) groups excluding carboxylic acids is 2. The van der Waals surface area contributed by atoms with Crippen molar-refractivity contribution in [1.29, 1.82) is 0 Å². The molecule has 1 heterocycles. The fourth-order valence-electron chi connectivity index (χ4n) is 2.43. The summed E-state index contributed by atoms with van der Waals surface area (Å²) in [6.45, 7) is 1.68. The van der Waals surface area contributed by atoms with Crippen molar-refractivity contribution in [2.45, 2.75) is 25.5 Å². The van der Waals surface area contributed by atoms with Gasteiger partial charge in [0.05, 0.1) is 22.8 Å². The highest BCUT2D eigenvalue weighted by molar-refractivity contribution is 6.37. The van der Waals surface area contributed by atoms with Crippen molar-refractivity contribution >= 4 is 40.9 Å². The Morgan fingerprint density at radius 2 is 1.85 bits per heavy atom. The lowest BCUT2D eigenvalue weighted by molar-refractivity contribution is -0.236. The summed E-state index contributed by atoms with van der Waals surface area (Å²) < 4.78 is 59.1. The molecule has 1 fully saturated rings. The first kappa shape index (κ1) is 21.4. The Labute approximate surface area is 161 Å². The second kappa shape index (κ2) is 7.97. The molecule has 1 saturated heterocycles. The summed E-state index contributed by atoms with van der Waals surface area (Å²) in [6, 6.07) is 0.467. The topological polar surface area (TPSA) is 59.1 Å². The lowest BCUT2D eigenvalue weighted by Gasteiger charge is -2.24. The maximum atomic E-state index is 13.2. The van der Waals surface area contributed by atoms with Crippen molar-refractivity contribution in [3.63, 3.8) is 0 Å². The van der Waals surface area contributed by atoms with Crippen LogP contribution in [-0.2, 0) is 9.53 Å². The highest BCUT2D eigenvalue weighted by Crippen LogP contribution is 2.39. The molecule has 0 saturated carbocycles. The smallest absolute Gasteiger partial charge is 0.457 e. The van der Waals surface area contributed by atoms with E-state index in [2.05, 4.69) is 9.47 Å². The van der Waals surface area contributed by atoms with Crippen LogP contribution in [0.2, 0.25) is 10.0 Å². The number of carbonyl (C=O) groups is 2. The van der Waals surface area contributed by atoms with E-state index in [1.807, 2.05) is 0 Å². The molecule has 27 heavy (non-hydrogen) atoms. The van der Waals surface area contributed by atoms with Crippen LogP contribution < -0.4 is 9.64 Å². The number of benzene rings is 1. The molecule has 0 spiro atoms. The molecular weight excluding hydrogens is 419 g/mol. The molecule has 0 aromatic heterocycles. The average molecular weight is 433 g/mol. The van der Waals surface area contributed by atoms with Gasteiger partial charge in [-0.25, -0.2) is 9.59 Å². The minimum atomic E-state index is -5.25. The van der Waals surface area contributed by atoms with E-state index in [0.29, 0.717) is 0 Å². The highest BCUT2D eigenvalue weighted by Gasteiger charge is 2.43. The van der Waals surface area contributed by atoms with Crippen LogP contribution >= 0.6 is 23.2 Å². The third kappa shape index (κ3) is 4.49. The zero-order valence-corrected chi connectivity index (χ0v) is 15.5. The molecule has 0 N–H and O–H groups in total. The van der Waals surface area contributed by atoms with E-state index in [0.717, 1.165) is 17.0 Å². The summed E-state index contributed by atoms with van der Waals surface area (Å²) in [5.41, 5.74) is -0.0324. The predicted molar refractivity (Wildman–Crippen MR) is 89.0 cm³/mol. The number of rotatable bonds is 5. The Kier molecular flexibility index (Phi) is 6.31. The summed E-state index contributed by atoms with van der Waals surface area (Å²) in [7, 11) is 1.17. The van der Waals surface area contributed by atoms with Crippen LogP contribution in [0.1, 0.15) is 6.92 Å². The number of urea groups is 1. The van der Waals surface area contributed by atoms with Crippen molar-refractivity contribution in [3.8, 4) is 5.75 Å². The molecular formula is C15H14Cl2F4N2O4. The van der Waals surface area contributed by atoms with Crippen LogP contribution in [0, 0.1) is 0 Å². The van der Waals surface area contributed by atoms with Gasteiger partial charge in [-0.15, -0.1) is 0 Å². The van der Waals surface area contributed by atoms with Gasteiger partial charge in [-0.1, -0.05) is 23.2 Å². The number of nitrogens with zero attached hydrogens (tertiary/aromatic N) is 2. The average Bonchev–Trinajstić information content (AvgIpc) is 2.96. The number of anilines is 1. The second-order valence-electron chi connectivity index (χ2n) is 5.54. The van der Waals surface area contributed by atoms with Crippen molar-refractivity contribution in [2.75, 3.05) is 25.1 Å². The molecule has 1 aromatic carbocycles. The lowest BCUT2D eigenvalue weighted by atomic mass is 10.2. The molecule has 0 bridgehead atoms. The fourth-order valence-corrected chi connectivity index (χ4v) is 2.96. The maximum Gasteiger partial charge on any atom is 0.457 e. The van der Waals surface area contributed by atoms with E-state index in [1.165, 1.54) is 18.9 Å². The van der Waals surface area contributed by atoms with Crippen molar-refractivity contribution in [1.82, 2.24) is 4.90 Å². The molecule has 1 aliphatic rings. The molecule has 1 aromatic rings. The van der Waals surface area contributed by atoms with Crippen LogP contribution in [0.25, 0.3) is 0 Å². The van der Waals surface area contributed by atoms with Gasteiger partial charge in [-0.05, 0) is 13.0 Å². The van der Waals surface area contributed by atoms with Gasteiger partial charge in [0, 0.05) is 19.2 Å². The predicted octanol–water partition coefficient (Wildman–Crippen LogP) is 4.03. The molecule has 1 unspecified atom stereocenters. The first-order valence-electron chi connectivity index (χ1n) is 7.49. The minimum Gasteiger partial charge on any atom is -0.467 e. The molecule has 150 valence electrons.